The third kappa shape index (κ3) is 1.67. The van der Waals surface area contributed by atoms with E-state index >= 15 is 0 Å². The fourth-order valence-corrected chi connectivity index (χ4v) is 2.50. The second-order valence-electron chi connectivity index (χ2n) is 5.06. The lowest BCUT2D eigenvalue weighted by atomic mass is 9.64. The van der Waals surface area contributed by atoms with Gasteiger partial charge in [0.1, 0.15) is 52.9 Å². The Hall–Kier alpha value is -0.980. The van der Waals surface area contributed by atoms with Gasteiger partial charge in [0.25, 0.3) is 0 Å². The predicted molar refractivity (Wildman–Crippen MR) is 93.0 cm³/mol. The van der Waals surface area contributed by atoms with Crippen molar-refractivity contribution in [3.8, 4) is 0 Å². The van der Waals surface area contributed by atoms with Crippen LogP contribution in [0.25, 0.3) is 10.8 Å². The first-order valence-corrected chi connectivity index (χ1v) is 6.02. The quantitative estimate of drug-likeness (QED) is 0.385. The molecule has 0 nitrogen and oxygen atoms in total. The summed E-state index contributed by atoms with van der Waals surface area (Å²) in [4.78, 5) is 0. The van der Waals surface area contributed by atoms with Gasteiger partial charge in [-0.15, -0.1) is 5.46 Å². The minimum Gasteiger partial charge on any atom is -0.207 e. The van der Waals surface area contributed by atoms with E-state index in [0.717, 1.165) is 27.2 Å². The number of fused-ring (bicyclic) bond motifs is 1. The summed E-state index contributed by atoms with van der Waals surface area (Å²) >= 11 is 0. The summed E-state index contributed by atoms with van der Waals surface area (Å²) in [5.74, 6) is -0.0521. The fraction of sp³-hybridized carbons (Fsp3) is 0. The van der Waals surface area contributed by atoms with Gasteiger partial charge in [0, 0.05) is 5.39 Å². The van der Waals surface area contributed by atoms with Gasteiger partial charge in [0.05, 0.1) is 0 Å². The molecule has 0 aliphatic carbocycles. The van der Waals surface area contributed by atoms with Gasteiger partial charge >= 0.3 is 0 Å². The maximum absolute atomic E-state index is 14.4. The summed E-state index contributed by atoms with van der Waals surface area (Å²) < 4.78 is 14.4. The van der Waals surface area contributed by atoms with Crippen LogP contribution in [0, 0.1) is 5.82 Å². The minimum absolute atomic E-state index is 0.0521. The Morgan fingerprint density at radius 1 is 0.706 bits per heavy atom. The first-order chi connectivity index (χ1) is 7.86. The van der Waals surface area contributed by atoms with Crippen molar-refractivity contribution in [3.05, 3.63) is 11.9 Å². The Labute approximate surface area is 107 Å². The molecule has 2 aromatic carbocycles. The Kier molecular flexibility index (Phi) is 2.97. The molecular weight excluding hydrogens is 204 g/mol. The lowest BCUT2D eigenvalue weighted by molar-refractivity contribution is 0.649. The van der Waals surface area contributed by atoms with Crippen LogP contribution in [-0.4, -0.2) is 47.1 Å². The van der Waals surface area contributed by atoms with Gasteiger partial charge in [-0.2, -0.15) is 0 Å². The average molecular weight is 217 g/mol. The zero-order valence-corrected chi connectivity index (χ0v) is 11.5. The maximum Gasteiger partial charge on any atom is 0.142 e. The number of benzene rings is 2. The first kappa shape index (κ1) is 12.5. The smallest absolute Gasteiger partial charge is 0.142 e. The monoisotopic (exact) mass is 218 g/mol. The van der Waals surface area contributed by atoms with E-state index < -0.39 is 0 Å². The van der Waals surface area contributed by atoms with Crippen LogP contribution in [0.5, 0.6) is 0 Å². The zero-order chi connectivity index (χ0) is 12.9. The van der Waals surface area contributed by atoms with Crippen LogP contribution in [0.4, 0.5) is 4.39 Å². The molecule has 0 amide bonds. The van der Waals surface area contributed by atoms with Gasteiger partial charge in [-0.05, 0) is 5.39 Å². The maximum atomic E-state index is 14.4. The fourth-order valence-electron chi connectivity index (χ4n) is 2.50. The highest BCUT2D eigenvalue weighted by molar-refractivity contribution is 6.64. The molecule has 0 atom stereocenters. The molecule has 0 aliphatic rings. The van der Waals surface area contributed by atoms with Crippen LogP contribution >= 0.6 is 0 Å². The second kappa shape index (κ2) is 4.04. The molecule has 0 bridgehead atoms. The normalized spacial score (nSPS) is 10.9. The molecule has 0 aliphatic heterocycles. The lowest BCUT2D eigenvalue weighted by Gasteiger charge is -2.17. The highest BCUT2D eigenvalue weighted by Crippen LogP contribution is 2.08. The standard InChI is InChI=1S/C10H13B6F/c11-3-1-2-4(7(14)6(3)13)10(17)9(16)8(15)5(2)12/h1H,11-16H2. The lowest BCUT2D eigenvalue weighted by Crippen LogP contribution is -2.46. The number of rotatable bonds is 0. The Morgan fingerprint density at radius 3 is 1.88 bits per heavy atom. The van der Waals surface area contributed by atoms with Gasteiger partial charge in [0.15, 0.2) is 0 Å². The molecule has 0 aromatic heterocycles. The van der Waals surface area contributed by atoms with Gasteiger partial charge in [-0.3, -0.25) is 0 Å². The molecule has 0 spiro atoms. The summed E-state index contributed by atoms with van der Waals surface area (Å²) in [7, 11) is 12.1. The van der Waals surface area contributed by atoms with E-state index in [0.29, 0.717) is 0 Å². The highest BCUT2D eigenvalue weighted by atomic mass is 19.1. The first-order valence-electron chi connectivity index (χ1n) is 6.02. The largest absolute Gasteiger partial charge is 0.207 e. The van der Waals surface area contributed by atoms with Crippen molar-refractivity contribution in [3.63, 3.8) is 0 Å². The van der Waals surface area contributed by atoms with E-state index in [1.807, 2.05) is 23.5 Å². The van der Waals surface area contributed by atoms with Crippen LogP contribution in [0.3, 0.4) is 0 Å². The van der Waals surface area contributed by atoms with Gasteiger partial charge < -0.3 is 0 Å². The molecule has 0 heterocycles. The van der Waals surface area contributed by atoms with Crippen molar-refractivity contribution in [1.82, 2.24) is 0 Å². The van der Waals surface area contributed by atoms with Crippen molar-refractivity contribution in [1.29, 1.82) is 0 Å². The van der Waals surface area contributed by atoms with Gasteiger partial charge in [-0.1, -0.05) is 33.4 Å². The molecule has 2 aromatic rings. The highest BCUT2D eigenvalue weighted by Gasteiger charge is 2.14. The number of hydrogen-bond donors (Lipinski definition) is 0. The van der Waals surface area contributed by atoms with Crippen LogP contribution in [-0.2, 0) is 0 Å². The molecule has 17 heavy (non-hydrogen) atoms. The Morgan fingerprint density at radius 2 is 1.29 bits per heavy atom. The van der Waals surface area contributed by atoms with E-state index in [-0.39, 0.29) is 5.82 Å². The van der Waals surface area contributed by atoms with E-state index in [1.54, 1.807) is 0 Å². The molecule has 0 N–H and O–H groups in total. The molecule has 0 radical (unpaired) electrons. The van der Waals surface area contributed by atoms with Gasteiger partial charge in [0.2, 0.25) is 0 Å². The predicted octanol–water partition coefficient (Wildman–Crippen LogP) is -7.47. The van der Waals surface area contributed by atoms with Crippen molar-refractivity contribution in [2.45, 2.75) is 0 Å². The van der Waals surface area contributed by atoms with Crippen LogP contribution < -0.4 is 32.8 Å². The van der Waals surface area contributed by atoms with Crippen molar-refractivity contribution < 1.29 is 4.39 Å². The molecule has 2 rings (SSSR count). The molecule has 78 valence electrons. The van der Waals surface area contributed by atoms with Crippen molar-refractivity contribution in [2.75, 3.05) is 0 Å². The minimum atomic E-state index is -0.0521. The van der Waals surface area contributed by atoms with Crippen molar-refractivity contribution in [2.24, 2.45) is 0 Å². The molecule has 0 saturated heterocycles. The SMILES string of the molecule is Bc1cc2c(B)c(B)c(B)c(F)c2c(B)c1B. The Balaban J connectivity index is 3.12. The topological polar surface area (TPSA) is 0 Å². The van der Waals surface area contributed by atoms with E-state index in [4.69, 9.17) is 0 Å². The van der Waals surface area contributed by atoms with Crippen LogP contribution in [0.15, 0.2) is 6.07 Å². The van der Waals surface area contributed by atoms with Gasteiger partial charge in [-0.25, -0.2) is 4.39 Å². The summed E-state index contributed by atoms with van der Waals surface area (Å²) in [6, 6.07) is 2.11. The number of hydrogen-bond acceptors (Lipinski definition) is 0. The van der Waals surface area contributed by atoms with Crippen molar-refractivity contribution >= 4 is 90.6 Å². The molecular formula is C10H13B6F. The summed E-state index contributed by atoms with van der Waals surface area (Å²) in [5, 5.41) is 1.86. The third-order valence-corrected chi connectivity index (χ3v) is 4.24. The molecule has 0 unspecified atom stereocenters. The third-order valence-electron chi connectivity index (χ3n) is 4.24. The summed E-state index contributed by atoms with van der Waals surface area (Å²) in [5.41, 5.74) is 6.55. The summed E-state index contributed by atoms with van der Waals surface area (Å²) in [6.07, 6.45) is 0. The second-order valence-corrected chi connectivity index (χ2v) is 5.06. The van der Waals surface area contributed by atoms with E-state index in [1.165, 1.54) is 16.4 Å². The molecule has 0 fully saturated rings. The average Bonchev–Trinajstić information content (AvgIpc) is 2.30. The van der Waals surface area contributed by atoms with Crippen LogP contribution in [0.1, 0.15) is 0 Å². The molecule has 0 saturated carbocycles. The van der Waals surface area contributed by atoms with Crippen LogP contribution in [0.2, 0.25) is 0 Å². The Bertz CT molecular complexity index is 629. The van der Waals surface area contributed by atoms with E-state index in [2.05, 4.69) is 29.6 Å². The van der Waals surface area contributed by atoms with E-state index in [9.17, 15) is 4.39 Å². The zero-order valence-electron chi connectivity index (χ0n) is 11.5. The number of halogens is 1. The summed E-state index contributed by atoms with van der Waals surface area (Å²) in [6.45, 7) is 0. The molecule has 7 heteroatoms.